The van der Waals surface area contributed by atoms with E-state index in [0.717, 1.165) is 22.8 Å². The molecular weight excluding hydrogens is 584 g/mol. The van der Waals surface area contributed by atoms with Gasteiger partial charge in [0.25, 0.3) is 15.6 Å². The summed E-state index contributed by atoms with van der Waals surface area (Å²) < 4.78 is 42.9. The highest BCUT2D eigenvalue weighted by Crippen LogP contribution is 2.38. The van der Waals surface area contributed by atoms with Gasteiger partial charge in [-0.3, -0.25) is 23.9 Å². The average molecular weight is 600 g/mol. The molecule has 1 aromatic heterocycles. The summed E-state index contributed by atoms with van der Waals surface area (Å²) in [6.07, 6.45) is 0. The molecule has 0 bridgehead atoms. The van der Waals surface area contributed by atoms with E-state index in [0.29, 0.717) is 0 Å². The molecule has 0 fully saturated rings. The number of nitrogens with zero attached hydrogens (tertiary/aromatic N) is 2. The maximum atomic E-state index is 13.4. The maximum absolute atomic E-state index is 13.4. The summed E-state index contributed by atoms with van der Waals surface area (Å²) in [6.45, 7) is -0.754. The number of phosphoric acid groups is 1. The first-order valence-corrected chi connectivity index (χ1v) is 14.1. The fraction of sp³-hybridized carbons (Fsp3) is 0.0455. The monoisotopic (exact) mass is 599 g/mol. The standard InChI is InChI=1S/C22H16Cl2N3O9PS/c23-13-4-7-17(8-5-13)38(34,35)27-21(29)18-9-6-14(24)10-19(18)26(22(27)30)12-20(28)25-15-2-1-3-16(11-15)36-37(31,32)33/h1-11H,12H2,(H,25,28)(H2,31,32,33). The Balaban J connectivity index is 1.80. The molecule has 4 rings (SSSR count). The van der Waals surface area contributed by atoms with Gasteiger partial charge in [-0.1, -0.05) is 29.3 Å². The summed E-state index contributed by atoms with van der Waals surface area (Å²) in [7, 11) is -9.56. The van der Waals surface area contributed by atoms with Gasteiger partial charge in [-0.25, -0.2) is 17.8 Å². The van der Waals surface area contributed by atoms with E-state index in [1.165, 1.54) is 48.5 Å². The van der Waals surface area contributed by atoms with Crippen molar-refractivity contribution in [2.24, 2.45) is 0 Å². The van der Waals surface area contributed by atoms with E-state index in [1.807, 2.05) is 0 Å². The lowest BCUT2D eigenvalue weighted by molar-refractivity contribution is -0.116. The van der Waals surface area contributed by atoms with Crippen LogP contribution in [0.1, 0.15) is 0 Å². The Bertz CT molecular complexity index is 1850. The van der Waals surface area contributed by atoms with Crippen LogP contribution in [-0.4, -0.2) is 32.7 Å². The molecule has 0 unspecified atom stereocenters. The van der Waals surface area contributed by atoms with E-state index in [9.17, 15) is 27.4 Å². The van der Waals surface area contributed by atoms with Gasteiger partial charge < -0.3 is 9.84 Å². The van der Waals surface area contributed by atoms with Crippen molar-refractivity contribution in [1.82, 2.24) is 8.54 Å². The second-order valence-electron chi connectivity index (χ2n) is 7.72. The van der Waals surface area contributed by atoms with Gasteiger partial charge in [0.05, 0.1) is 15.8 Å². The van der Waals surface area contributed by atoms with Gasteiger partial charge in [-0.05, 0) is 54.6 Å². The maximum Gasteiger partial charge on any atom is 0.524 e. The van der Waals surface area contributed by atoms with Crippen LogP contribution in [0, 0.1) is 0 Å². The lowest BCUT2D eigenvalue weighted by Gasteiger charge is -2.15. The number of carbonyl (C=O) groups excluding carboxylic acids is 1. The number of amides is 1. The molecule has 3 N–H and O–H groups in total. The number of anilines is 1. The molecule has 1 amide bonds. The summed E-state index contributed by atoms with van der Waals surface area (Å²) in [5.41, 5.74) is -2.51. The minimum Gasteiger partial charge on any atom is -0.404 e. The van der Waals surface area contributed by atoms with Crippen LogP contribution in [0.2, 0.25) is 10.0 Å². The number of nitrogens with one attached hydrogen (secondary N) is 1. The molecule has 12 nitrogen and oxygen atoms in total. The molecule has 0 spiro atoms. The first kappa shape index (κ1) is 27.6. The van der Waals surface area contributed by atoms with E-state index < -0.39 is 41.5 Å². The van der Waals surface area contributed by atoms with E-state index >= 15 is 0 Å². The number of hydrogen-bond donors (Lipinski definition) is 3. The van der Waals surface area contributed by atoms with Crippen LogP contribution < -0.4 is 21.1 Å². The van der Waals surface area contributed by atoms with E-state index in [4.69, 9.17) is 33.0 Å². The Labute approximate surface area is 223 Å². The number of carbonyl (C=O) groups is 1. The van der Waals surface area contributed by atoms with Crippen molar-refractivity contribution in [2.45, 2.75) is 11.4 Å². The first-order chi connectivity index (χ1) is 17.8. The third-order valence-electron chi connectivity index (χ3n) is 5.07. The van der Waals surface area contributed by atoms with Crippen molar-refractivity contribution in [3.63, 3.8) is 0 Å². The SMILES string of the molecule is O=C(Cn1c(=O)n(S(=O)(=O)c2ccc(Cl)cc2)c(=O)c2ccc(Cl)cc21)Nc1cccc(OP(=O)(O)O)c1. The molecule has 38 heavy (non-hydrogen) atoms. The van der Waals surface area contributed by atoms with Crippen LogP contribution >= 0.6 is 31.0 Å². The molecule has 198 valence electrons. The summed E-state index contributed by atoms with van der Waals surface area (Å²) in [5, 5.41) is 2.57. The number of aromatic nitrogens is 2. The Morgan fingerprint density at radius 1 is 0.974 bits per heavy atom. The van der Waals surface area contributed by atoms with Crippen molar-refractivity contribution in [2.75, 3.05) is 5.32 Å². The van der Waals surface area contributed by atoms with E-state index in [1.54, 1.807) is 0 Å². The molecule has 0 aliphatic carbocycles. The number of fused-ring (bicyclic) bond motifs is 1. The summed E-state index contributed by atoms with van der Waals surface area (Å²) in [4.78, 5) is 57.0. The van der Waals surface area contributed by atoms with Crippen LogP contribution in [0.15, 0.2) is 81.2 Å². The number of rotatable bonds is 7. The third-order valence-corrected chi connectivity index (χ3v) is 7.67. The number of phosphoric ester groups is 1. The highest BCUT2D eigenvalue weighted by Gasteiger charge is 2.26. The van der Waals surface area contributed by atoms with E-state index in [2.05, 4.69) is 9.84 Å². The smallest absolute Gasteiger partial charge is 0.404 e. The van der Waals surface area contributed by atoms with Crippen molar-refractivity contribution in [3.8, 4) is 5.75 Å². The van der Waals surface area contributed by atoms with Gasteiger partial charge in [0, 0.05) is 21.8 Å². The molecule has 16 heteroatoms. The second-order valence-corrected chi connectivity index (χ2v) is 11.5. The molecule has 0 atom stereocenters. The summed E-state index contributed by atoms with van der Waals surface area (Å²) in [6, 6.07) is 13.7. The minimum absolute atomic E-state index is 0.0499. The fourth-order valence-electron chi connectivity index (χ4n) is 3.51. The van der Waals surface area contributed by atoms with Crippen LogP contribution in [-0.2, 0) is 25.9 Å². The largest absolute Gasteiger partial charge is 0.524 e. The van der Waals surface area contributed by atoms with Crippen molar-refractivity contribution >= 4 is 63.5 Å². The molecule has 0 aliphatic rings. The van der Waals surface area contributed by atoms with E-state index in [-0.39, 0.29) is 41.3 Å². The van der Waals surface area contributed by atoms with Crippen molar-refractivity contribution < 1.29 is 32.1 Å². The van der Waals surface area contributed by atoms with Crippen LogP contribution in [0.4, 0.5) is 5.69 Å². The zero-order chi connectivity index (χ0) is 27.8. The third kappa shape index (κ3) is 5.83. The van der Waals surface area contributed by atoms with Crippen molar-refractivity contribution in [3.05, 3.63) is 97.6 Å². The Hall–Kier alpha value is -3.45. The number of hydrogen-bond acceptors (Lipinski definition) is 7. The lowest BCUT2D eigenvalue weighted by atomic mass is 10.2. The lowest BCUT2D eigenvalue weighted by Crippen LogP contribution is -2.45. The molecule has 0 aliphatic heterocycles. The molecule has 0 saturated heterocycles. The first-order valence-electron chi connectivity index (χ1n) is 10.4. The van der Waals surface area contributed by atoms with Gasteiger partial charge in [-0.15, -0.1) is 3.97 Å². The number of halogens is 2. The zero-order valence-electron chi connectivity index (χ0n) is 18.8. The predicted octanol–water partition coefficient (Wildman–Crippen LogP) is 2.82. The molecule has 3 aromatic carbocycles. The quantitative estimate of drug-likeness (QED) is 0.270. The van der Waals surface area contributed by atoms with Crippen LogP contribution in [0.5, 0.6) is 5.75 Å². The highest BCUT2D eigenvalue weighted by atomic mass is 35.5. The highest BCUT2D eigenvalue weighted by molar-refractivity contribution is 7.90. The van der Waals surface area contributed by atoms with Gasteiger partial charge >= 0.3 is 13.5 Å². The van der Waals surface area contributed by atoms with Crippen molar-refractivity contribution in [1.29, 1.82) is 0 Å². The Morgan fingerprint density at radius 3 is 2.29 bits per heavy atom. The van der Waals surface area contributed by atoms with Gasteiger partial charge in [0.2, 0.25) is 5.91 Å². The fourth-order valence-corrected chi connectivity index (χ4v) is 5.50. The molecule has 0 radical (unpaired) electrons. The summed E-state index contributed by atoms with van der Waals surface area (Å²) >= 11 is 11.9. The van der Waals surface area contributed by atoms with Gasteiger partial charge in [0.15, 0.2) is 0 Å². The Morgan fingerprint density at radius 2 is 1.63 bits per heavy atom. The number of benzene rings is 3. The second kappa shape index (κ2) is 10.4. The summed E-state index contributed by atoms with van der Waals surface area (Å²) in [5.74, 6) is -1.08. The minimum atomic E-state index is -4.86. The molecule has 4 aromatic rings. The zero-order valence-corrected chi connectivity index (χ0v) is 22.0. The van der Waals surface area contributed by atoms with Gasteiger partial charge in [-0.2, -0.15) is 0 Å². The van der Waals surface area contributed by atoms with Crippen LogP contribution in [0.3, 0.4) is 0 Å². The Kier molecular flexibility index (Phi) is 7.53. The molecular formula is C22H16Cl2N3O9PS. The van der Waals surface area contributed by atoms with Crippen LogP contribution in [0.25, 0.3) is 10.9 Å². The average Bonchev–Trinajstić information content (AvgIpc) is 2.81. The molecule has 0 saturated carbocycles. The van der Waals surface area contributed by atoms with Gasteiger partial charge in [0.1, 0.15) is 12.3 Å². The molecule has 1 heterocycles. The topological polar surface area (TPSA) is 174 Å². The predicted molar refractivity (Wildman–Crippen MR) is 139 cm³/mol. The normalized spacial score (nSPS) is 11.9.